The highest BCUT2D eigenvalue weighted by atomic mass is 15.3. The number of benzene rings is 12. The smallest absolute Gasteiger partial charge is 0.0699 e. The van der Waals surface area contributed by atoms with E-state index in [0.29, 0.717) is 0 Å². The first-order valence-electron chi connectivity index (χ1n) is 30.4. The number of hydrogen-bond acceptors (Lipinski definition) is 8. The van der Waals surface area contributed by atoms with Gasteiger partial charge in [-0.3, -0.25) is 0 Å². The van der Waals surface area contributed by atoms with Crippen molar-refractivity contribution < 1.29 is 0 Å². The largest absolute Gasteiger partial charge is 0.341 e. The van der Waals surface area contributed by atoms with Crippen LogP contribution in [0.3, 0.4) is 0 Å². The van der Waals surface area contributed by atoms with Crippen molar-refractivity contribution in [3.63, 3.8) is 0 Å². The fourth-order valence-electron chi connectivity index (χ4n) is 13.8. The van der Waals surface area contributed by atoms with Crippen molar-refractivity contribution in [3.05, 3.63) is 312 Å². The first kappa shape index (κ1) is 67.4. The summed E-state index contributed by atoms with van der Waals surface area (Å²) in [5.41, 5.74) is 31.4. The molecule has 0 spiro atoms. The molecule has 0 bridgehead atoms. The van der Waals surface area contributed by atoms with Gasteiger partial charge in [-0.2, -0.15) is 0 Å². The maximum atomic E-state index is 2.46. The Morgan fingerprint density at radius 1 is 0.202 bits per heavy atom. The van der Waals surface area contributed by atoms with Crippen molar-refractivity contribution >= 4 is 114 Å². The monoisotopic (exact) mass is 1240 g/mol. The van der Waals surface area contributed by atoms with E-state index in [9.17, 15) is 0 Å². The van der Waals surface area contributed by atoms with E-state index in [1.165, 1.54) is 136 Å². The van der Waals surface area contributed by atoms with Crippen molar-refractivity contribution in [1.82, 2.24) is 0 Å². The summed E-state index contributed by atoms with van der Waals surface area (Å²) < 4.78 is 0. The van der Waals surface area contributed by atoms with Gasteiger partial charge in [-0.05, 0) is 207 Å². The Labute approximate surface area is 561 Å². The molecule has 0 saturated heterocycles. The summed E-state index contributed by atoms with van der Waals surface area (Å²) in [5.74, 6) is 0. The predicted molar refractivity (Wildman–Crippen MR) is 412 cm³/mol. The average molecular weight is 1240 g/mol. The molecule has 4 heterocycles. The minimum absolute atomic E-state index is 0. The molecule has 0 unspecified atom stereocenters. The zero-order valence-electron chi connectivity index (χ0n) is 50.6. The molecular formula is C86H92N8. The molecule has 4 aliphatic rings. The molecule has 16 rings (SSSR count). The lowest BCUT2D eigenvalue weighted by molar-refractivity contribution is 0.956. The topological polar surface area (TPSA) is 25.9 Å². The number of fused-ring (bicyclic) bond motifs is 8. The summed E-state index contributed by atoms with van der Waals surface area (Å²) in [6, 6.07) is 101. The van der Waals surface area contributed by atoms with Gasteiger partial charge >= 0.3 is 0 Å². The fourth-order valence-corrected chi connectivity index (χ4v) is 13.8. The maximum Gasteiger partial charge on any atom is 0.0699 e. The second-order valence-electron chi connectivity index (χ2n) is 23.6. The third kappa shape index (κ3) is 11.9. The molecule has 0 amide bonds. The molecule has 0 atom stereocenters. The molecule has 8 heteroatoms. The number of anilines is 20. The van der Waals surface area contributed by atoms with Crippen LogP contribution >= 0.6 is 0 Å². The zero-order valence-corrected chi connectivity index (χ0v) is 50.6. The molecule has 0 N–H and O–H groups in total. The van der Waals surface area contributed by atoms with E-state index in [1.54, 1.807) is 0 Å². The first-order valence-corrected chi connectivity index (χ1v) is 30.4. The quantitative estimate of drug-likeness (QED) is 0.149. The summed E-state index contributed by atoms with van der Waals surface area (Å²) in [6.07, 6.45) is 0. The molecule has 4 aliphatic heterocycles. The number of hydrogen-bond donors (Lipinski definition) is 0. The van der Waals surface area contributed by atoms with Crippen molar-refractivity contribution in [2.24, 2.45) is 0 Å². The summed E-state index contributed by atoms with van der Waals surface area (Å²) in [5, 5.41) is 0. The summed E-state index contributed by atoms with van der Waals surface area (Å²) in [7, 11) is 4.29. The number of rotatable bonds is 8. The summed E-state index contributed by atoms with van der Waals surface area (Å²) in [4.78, 5) is 19.0. The van der Waals surface area contributed by atoms with Gasteiger partial charge in [-0.1, -0.05) is 178 Å². The Balaban J connectivity index is 0.000000208. The van der Waals surface area contributed by atoms with Crippen LogP contribution < -0.4 is 39.2 Å². The Bertz CT molecular complexity index is 4090. The normalized spacial score (nSPS) is 12.4. The SMILES string of the molecule is C.C.C.C.C.C.Cc1cc(C)cc(N2c3ccccc3N(Cc3ccc(N4c5ccccc5N(C)c5ccccc54)cc3)c3ccccc32)c1.Cc1cc(C)cc(N2c3ccccc3N(Cc3ccc(N4c5ccccc5N(C)c5ccccc54)cc3)c3ccccc32)c1. The van der Waals surface area contributed by atoms with Crippen LogP contribution in [0.4, 0.5) is 114 Å². The van der Waals surface area contributed by atoms with Crippen LogP contribution in [0.5, 0.6) is 0 Å². The van der Waals surface area contributed by atoms with E-state index >= 15 is 0 Å². The van der Waals surface area contributed by atoms with Crippen LogP contribution in [0.15, 0.2) is 279 Å². The van der Waals surface area contributed by atoms with Gasteiger partial charge in [0.15, 0.2) is 0 Å². The van der Waals surface area contributed by atoms with Gasteiger partial charge < -0.3 is 39.2 Å². The molecular weight excluding hydrogens is 1150 g/mol. The standard InChI is InChI=1S/2C40H34N4.6CH4/c2*1-28-24-29(2)26-32(25-28)44-39-18-10-6-14-35(39)42(36-15-7-11-19-40(36)44)27-30-20-22-31(23-21-30)43-37-16-8-4-12-33(37)41(3)34-13-5-9-17-38(34)43;;;;;;/h2*4-26H,27H2,1-3H3;6*1H4. The molecule has 8 nitrogen and oxygen atoms in total. The predicted octanol–water partition coefficient (Wildman–Crippen LogP) is 25.8. The second-order valence-corrected chi connectivity index (χ2v) is 23.6. The van der Waals surface area contributed by atoms with E-state index < -0.39 is 0 Å². The molecule has 0 aliphatic carbocycles. The van der Waals surface area contributed by atoms with Gasteiger partial charge in [0.05, 0.1) is 91.0 Å². The van der Waals surface area contributed by atoms with Crippen molar-refractivity contribution in [2.75, 3.05) is 53.3 Å². The molecule has 12 aromatic rings. The molecule has 0 fully saturated rings. The van der Waals surface area contributed by atoms with E-state index in [0.717, 1.165) is 24.5 Å². The van der Waals surface area contributed by atoms with Gasteiger partial charge in [0.2, 0.25) is 0 Å². The van der Waals surface area contributed by atoms with Crippen LogP contribution in [0.1, 0.15) is 77.9 Å². The van der Waals surface area contributed by atoms with E-state index in [2.05, 4.69) is 360 Å². The first-order chi connectivity index (χ1) is 43.1. The lowest BCUT2D eigenvalue weighted by Gasteiger charge is -2.40. The van der Waals surface area contributed by atoms with Gasteiger partial charge in [0, 0.05) is 49.9 Å². The van der Waals surface area contributed by atoms with Crippen molar-refractivity contribution in [1.29, 1.82) is 0 Å². The molecule has 94 heavy (non-hydrogen) atoms. The molecule has 476 valence electrons. The second kappa shape index (κ2) is 27.9. The highest BCUT2D eigenvalue weighted by Crippen LogP contribution is 2.56. The Kier molecular flexibility index (Phi) is 20.0. The highest BCUT2D eigenvalue weighted by molar-refractivity contribution is 6.02. The van der Waals surface area contributed by atoms with Crippen LogP contribution in [-0.2, 0) is 13.1 Å². The minimum Gasteiger partial charge on any atom is -0.341 e. The van der Waals surface area contributed by atoms with Crippen LogP contribution in [0, 0.1) is 27.7 Å². The van der Waals surface area contributed by atoms with E-state index in [4.69, 9.17) is 0 Å². The minimum atomic E-state index is 0. The number of para-hydroxylation sites is 16. The van der Waals surface area contributed by atoms with Gasteiger partial charge in [-0.15, -0.1) is 0 Å². The van der Waals surface area contributed by atoms with Crippen molar-refractivity contribution in [3.8, 4) is 0 Å². The van der Waals surface area contributed by atoms with Crippen LogP contribution in [0.2, 0.25) is 0 Å². The Morgan fingerprint density at radius 3 is 0.606 bits per heavy atom. The maximum absolute atomic E-state index is 2.46. The van der Waals surface area contributed by atoms with E-state index in [-0.39, 0.29) is 44.6 Å². The summed E-state index contributed by atoms with van der Waals surface area (Å²) in [6.45, 7) is 10.2. The molecule has 12 aromatic carbocycles. The lowest BCUT2D eigenvalue weighted by Crippen LogP contribution is -2.27. The van der Waals surface area contributed by atoms with Crippen molar-refractivity contribution in [2.45, 2.75) is 85.3 Å². The molecule has 0 saturated carbocycles. The van der Waals surface area contributed by atoms with E-state index in [1.807, 2.05) is 0 Å². The number of aryl methyl sites for hydroxylation is 4. The molecule has 0 radical (unpaired) electrons. The van der Waals surface area contributed by atoms with Gasteiger partial charge in [0.25, 0.3) is 0 Å². The van der Waals surface area contributed by atoms with Gasteiger partial charge in [0.1, 0.15) is 0 Å². The fraction of sp³-hybridized carbons (Fsp3) is 0.163. The Hall–Kier alpha value is -11.0. The van der Waals surface area contributed by atoms with Gasteiger partial charge in [-0.25, -0.2) is 0 Å². The third-order valence-electron chi connectivity index (χ3n) is 17.6. The highest BCUT2D eigenvalue weighted by Gasteiger charge is 2.33. The Morgan fingerprint density at radius 2 is 0.383 bits per heavy atom. The van der Waals surface area contributed by atoms with Crippen LogP contribution in [0.25, 0.3) is 0 Å². The zero-order chi connectivity index (χ0) is 59.6. The lowest BCUT2D eigenvalue weighted by atomic mass is 10.0. The van der Waals surface area contributed by atoms with Crippen LogP contribution in [-0.4, -0.2) is 14.1 Å². The third-order valence-corrected chi connectivity index (χ3v) is 17.6. The molecule has 0 aromatic heterocycles. The number of nitrogens with zero attached hydrogens (tertiary/aromatic N) is 8. The average Bonchev–Trinajstić information content (AvgIpc) is 0.765. The summed E-state index contributed by atoms with van der Waals surface area (Å²) >= 11 is 0.